The van der Waals surface area contributed by atoms with Crippen molar-refractivity contribution in [2.45, 2.75) is 54.6 Å². The van der Waals surface area contributed by atoms with Gasteiger partial charge in [-0.2, -0.15) is 0 Å². The number of hydrogen-bond donors (Lipinski definition) is 2. The molecule has 0 unspecified atom stereocenters. The third-order valence-corrected chi connectivity index (χ3v) is 8.30. The van der Waals surface area contributed by atoms with Gasteiger partial charge in [-0.05, 0) is 54.3 Å². The van der Waals surface area contributed by atoms with Crippen LogP contribution in [0, 0.1) is 11.6 Å². The van der Waals surface area contributed by atoms with E-state index in [4.69, 9.17) is 10.5 Å². The predicted molar refractivity (Wildman–Crippen MR) is 133 cm³/mol. The summed E-state index contributed by atoms with van der Waals surface area (Å²) < 4.78 is 56.0. The number of aryl methyl sites for hydroxylation is 1. The van der Waals surface area contributed by atoms with Crippen LogP contribution < -0.4 is 11.1 Å². The molecular weight excluding hydrogens is 520 g/mol. The monoisotopic (exact) mass is 549 g/mol. The number of rotatable bonds is 7. The smallest absolute Gasteiger partial charge is 0.328 e. The van der Waals surface area contributed by atoms with Crippen molar-refractivity contribution in [3.63, 3.8) is 0 Å². The third-order valence-electron chi connectivity index (χ3n) is 7.19. The summed E-state index contributed by atoms with van der Waals surface area (Å²) in [6, 6.07) is 5.60. The van der Waals surface area contributed by atoms with E-state index in [0.717, 1.165) is 18.4 Å². The lowest BCUT2D eigenvalue weighted by molar-refractivity contribution is -0.151. The summed E-state index contributed by atoms with van der Waals surface area (Å²) in [5, 5.41) is 2.76. The third kappa shape index (κ3) is 5.70. The highest BCUT2D eigenvalue weighted by Crippen LogP contribution is 2.37. The van der Waals surface area contributed by atoms with Crippen LogP contribution in [0.5, 0.6) is 0 Å². The Morgan fingerprint density at radius 1 is 1.18 bits per heavy atom. The molecule has 1 fully saturated rings. The molecule has 2 aliphatic rings. The van der Waals surface area contributed by atoms with Crippen LogP contribution >= 0.6 is 0 Å². The molecule has 1 heterocycles. The molecule has 0 saturated carbocycles. The van der Waals surface area contributed by atoms with Crippen LogP contribution in [0.3, 0.4) is 0 Å². The van der Waals surface area contributed by atoms with Crippen LogP contribution in [0.2, 0.25) is 0 Å². The van der Waals surface area contributed by atoms with Crippen molar-refractivity contribution in [1.29, 1.82) is 0 Å². The van der Waals surface area contributed by atoms with E-state index in [1.165, 1.54) is 36.3 Å². The normalized spacial score (nSPS) is 21.6. The second kappa shape index (κ2) is 10.8. The molecule has 1 aliphatic carbocycles. The molecule has 204 valence electrons. The SMILES string of the molecule is COC(=O)[C@@H]1C[C@@H](NC(=O)c2cccc(S(C)(=O)=O)c2)CN1C(=O)C[C@H](N)[C@H]1CCc2cc(F)c(F)cc21. The molecule has 0 spiro atoms. The molecule has 12 heteroatoms. The zero-order valence-corrected chi connectivity index (χ0v) is 21.8. The minimum Gasteiger partial charge on any atom is -0.467 e. The van der Waals surface area contributed by atoms with Crippen molar-refractivity contribution < 1.29 is 36.3 Å². The van der Waals surface area contributed by atoms with Crippen molar-refractivity contribution in [3.8, 4) is 0 Å². The number of sulfone groups is 1. The number of ether oxygens (including phenoxy) is 1. The number of carbonyl (C=O) groups excluding carboxylic acids is 3. The highest BCUT2D eigenvalue weighted by atomic mass is 32.2. The quantitative estimate of drug-likeness (QED) is 0.502. The lowest BCUT2D eigenvalue weighted by atomic mass is 9.91. The number of esters is 1. The van der Waals surface area contributed by atoms with Crippen molar-refractivity contribution in [1.82, 2.24) is 10.2 Å². The Morgan fingerprint density at radius 2 is 1.89 bits per heavy atom. The van der Waals surface area contributed by atoms with Crippen LogP contribution in [0.25, 0.3) is 0 Å². The average Bonchev–Trinajstić information content (AvgIpc) is 3.47. The van der Waals surface area contributed by atoms with Gasteiger partial charge in [-0.15, -0.1) is 0 Å². The maximum atomic E-state index is 13.8. The van der Waals surface area contributed by atoms with Crippen molar-refractivity contribution in [2.24, 2.45) is 5.73 Å². The number of nitrogens with two attached hydrogens (primary N) is 1. The summed E-state index contributed by atoms with van der Waals surface area (Å²) in [4.78, 5) is 39.8. The molecule has 3 N–H and O–H groups in total. The van der Waals surface area contributed by atoms with Gasteiger partial charge in [-0.25, -0.2) is 22.0 Å². The minimum atomic E-state index is -3.52. The van der Waals surface area contributed by atoms with Gasteiger partial charge < -0.3 is 20.7 Å². The van der Waals surface area contributed by atoms with E-state index >= 15 is 0 Å². The molecule has 38 heavy (non-hydrogen) atoms. The van der Waals surface area contributed by atoms with E-state index in [1.807, 2.05) is 0 Å². The van der Waals surface area contributed by atoms with Crippen LogP contribution in [-0.2, 0) is 30.6 Å². The average molecular weight is 550 g/mol. The number of benzene rings is 2. The predicted octanol–water partition coefficient (Wildman–Crippen LogP) is 1.69. The van der Waals surface area contributed by atoms with Gasteiger partial charge in [-0.3, -0.25) is 9.59 Å². The highest BCUT2D eigenvalue weighted by Gasteiger charge is 2.42. The first-order valence-corrected chi connectivity index (χ1v) is 14.0. The number of hydrogen-bond acceptors (Lipinski definition) is 7. The number of methoxy groups -OCH3 is 1. The fourth-order valence-electron chi connectivity index (χ4n) is 5.25. The fraction of sp³-hybridized carbons (Fsp3) is 0.423. The van der Waals surface area contributed by atoms with Gasteiger partial charge >= 0.3 is 5.97 Å². The Bertz CT molecular complexity index is 1380. The van der Waals surface area contributed by atoms with Gasteiger partial charge in [0.25, 0.3) is 5.91 Å². The maximum absolute atomic E-state index is 13.8. The van der Waals surface area contributed by atoms with Gasteiger partial charge in [0, 0.05) is 49.2 Å². The Labute approximate surface area is 219 Å². The summed E-state index contributed by atoms with van der Waals surface area (Å²) >= 11 is 0. The lowest BCUT2D eigenvalue weighted by Crippen LogP contribution is -2.44. The Balaban J connectivity index is 1.46. The molecule has 0 aromatic heterocycles. The zero-order chi connectivity index (χ0) is 27.8. The molecule has 0 bridgehead atoms. The van der Waals surface area contributed by atoms with Crippen molar-refractivity contribution >= 4 is 27.6 Å². The molecule has 4 rings (SSSR count). The van der Waals surface area contributed by atoms with Gasteiger partial charge in [0.05, 0.1) is 12.0 Å². The summed E-state index contributed by atoms with van der Waals surface area (Å²) in [6.07, 6.45) is 2.05. The van der Waals surface area contributed by atoms with E-state index in [2.05, 4.69) is 5.32 Å². The van der Waals surface area contributed by atoms with E-state index in [1.54, 1.807) is 0 Å². The Kier molecular flexibility index (Phi) is 7.84. The number of amides is 2. The number of nitrogens with zero attached hydrogens (tertiary/aromatic N) is 1. The summed E-state index contributed by atoms with van der Waals surface area (Å²) in [7, 11) is -2.32. The van der Waals surface area contributed by atoms with E-state index in [9.17, 15) is 31.6 Å². The van der Waals surface area contributed by atoms with Crippen LogP contribution in [0.1, 0.15) is 46.7 Å². The van der Waals surface area contributed by atoms with Crippen molar-refractivity contribution in [2.75, 3.05) is 19.9 Å². The Hall–Kier alpha value is -3.38. The summed E-state index contributed by atoms with van der Waals surface area (Å²) in [5.41, 5.74) is 7.71. The van der Waals surface area contributed by atoms with E-state index in [0.29, 0.717) is 24.0 Å². The number of fused-ring (bicyclic) bond motifs is 1. The summed E-state index contributed by atoms with van der Waals surface area (Å²) in [5.74, 6) is -3.87. The first kappa shape index (κ1) is 27.6. The molecule has 4 atom stereocenters. The number of carbonyl (C=O) groups is 3. The molecular formula is C26H29F2N3O6S. The molecule has 2 aromatic rings. The van der Waals surface area contributed by atoms with Gasteiger partial charge in [-0.1, -0.05) is 6.07 Å². The second-order valence-electron chi connectivity index (χ2n) is 9.77. The van der Waals surface area contributed by atoms with Crippen LogP contribution in [0.4, 0.5) is 8.78 Å². The first-order valence-electron chi connectivity index (χ1n) is 12.1. The van der Waals surface area contributed by atoms with Gasteiger partial charge in [0.1, 0.15) is 6.04 Å². The minimum absolute atomic E-state index is 0.00842. The number of likely N-dealkylation sites (tertiary alicyclic amines) is 1. The molecule has 2 amide bonds. The highest BCUT2D eigenvalue weighted by molar-refractivity contribution is 7.90. The number of nitrogens with one attached hydrogen (secondary N) is 1. The molecule has 1 aliphatic heterocycles. The second-order valence-corrected chi connectivity index (χ2v) is 11.8. The molecule has 1 saturated heterocycles. The lowest BCUT2D eigenvalue weighted by Gasteiger charge is -2.26. The Morgan fingerprint density at radius 3 is 2.58 bits per heavy atom. The largest absolute Gasteiger partial charge is 0.467 e. The van der Waals surface area contributed by atoms with Crippen molar-refractivity contribution in [3.05, 3.63) is 64.7 Å². The van der Waals surface area contributed by atoms with Gasteiger partial charge in [0.15, 0.2) is 21.5 Å². The van der Waals surface area contributed by atoms with Gasteiger partial charge in [0.2, 0.25) is 5.91 Å². The molecule has 0 radical (unpaired) electrons. The van der Waals surface area contributed by atoms with Crippen LogP contribution in [0.15, 0.2) is 41.3 Å². The van der Waals surface area contributed by atoms with Crippen LogP contribution in [-0.4, -0.2) is 69.1 Å². The maximum Gasteiger partial charge on any atom is 0.328 e. The zero-order valence-electron chi connectivity index (χ0n) is 20.9. The molecule has 2 aromatic carbocycles. The summed E-state index contributed by atoms with van der Waals surface area (Å²) in [6.45, 7) is 0.0178. The van der Waals surface area contributed by atoms with E-state index < -0.39 is 57.4 Å². The standard InChI is InChI=1S/C26H29F2N3O6S/c1-37-26(34)23-10-16(30-25(33)15-4-3-5-17(8-15)38(2,35)36)13-31(23)24(32)12-22(29)18-7-6-14-9-20(27)21(28)11-19(14)18/h3-5,8-9,11,16,18,22-23H,6-7,10,12-13,29H2,1-2H3,(H,30,33)/t16-,18+,22+,23+/m1/s1. The fourth-order valence-corrected chi connectivity index (χ4v) is 5.92. The molecule has 9 nitrogen and oxygen atoms in total. The first-order chi connectivity index (χ1) is 17.9. The topological polar surface area (TPSA) is 136 Å². The number of halogens is 2. The van der Waals surface area contributed by atoms with E-state index in [-0.39, 0.29) is 35.8 Å².